The quantitative estimate of drug-likeness (QED) is 0.911. The van der Waals surface area contributed by atoms with E-state index in [4.69, 9.17) is 0 Å². The van der Waals surface area contributed by atoms with Crippen LogP contribution >= 0.6 is 0 Å². The zero-order chi connectivity index (χ0) is 16.0. The summed E-state index contributed by atoms with van der Waals surface area (Å²) < 4.78 is 27.7. The van der Waals surface area contributed by atoms with Crippen molar-refractivity contribution in [3.05, 3.63) is 65.2 Å². The van der Waals surface area contributed by atoms with Crippen molar-refractivity contribution in [2.75, 3.05) is 0 Å². The molecule has 1 aliphatic carbocycles. The van der Waals surface area contributed by atoms with Crippen LogP contribution in [0, 0.1) is 6.92 Å². The molecule has 0 aromatic heterocycles. The molecule has 116 valence electrons. The van der Waals surface area contributed by atoms with Gasteiger partial charge in [0.15, 0.2) is 0 Å². The molecule has 0 amide bonds. The van der Waals surface area contributed by atoms with E-state index in [-0.39, 0.29) is 4.90 Å². The molecule has 2 aromatic carbocycles. The first kappa shape index (κ1) is 15.2. The van der Waals surface area contributed by atoms with Crippen molar-refractivity contribution < 1.29 is 13.5 Å². The highest BCUT2D eigenvalue weighted by Gasteiger charge is 2.43. The Morgan fingerprint density at radius 1 is 1.14 bits per heavy atom. The average molecular weight is 317 g/mol. The third kappa shape index (κ3) is 2.56. The molecule has 3 rings (SSSR count). The first-order chi connectivity index (χ1) is 10.3. The largest absolute Gasteiger partial charge is 0.384 e. The lowest BCUT2D eigenvalue weighted by Gasteiger charge is -2.27. The molecule has 2 aromatic rings. The maximum Gasteiger partial charge on any atom is 0.240 e. The maximum absolute atomic E-state index is 12.5. The highest BCUT2D eigenvalue weighted by molar-refractivity contribution is 7.89. The predicted molar refractivity (Wildman–Crippen MR) is 85.0 cm³/mol. The van der Waals surface area contributed by atoms with Gasteiger partial charge in [-0.3, -0.25) is 0 Å². The van der Waals surface area contributed by atoms with Crippen molar-refractivity contribution in [2.24, 2.45) is 0 Å². The molecule has 0 radical (unpaired) electrons. The van der Waals surface area contributed by atoms with Crippen LogP contribution in [0.1, 0.15) is 23.6 Å². The minimum absolute atomic E-state index is 0.213. The SMILES string of the molecule is Cc1ccc(S(=O)(=O)N[C@H]2Cc3ccccc3[C@]2(C)O)cc1. The lowest BCUT2D eigenvalue weighted by Crippen LogP contribution is -2.46. The Balaban J connectivity index is 1.90. The second-order valence-corrected chi connectivity index (χ2v) is 7.71. The van der Waals surface area contributed by atoms with E-state index in [9.17, 15) is 13.5 Å². The smallest absolute Gasteiger partial charge is 0.240 e. The van der Waals surface area contributed by atoms with Crippen LogP contribution in [0.3, 0.4) is 0 Å². The highest BCUT2D eigenvalue weighted by Crippen LogP contribution is 2.37. The molecule has 0 saturated heterocycles. The number of benzene rings is 2. The summed E-state index contributed by atoms with van der Waals surface area (Å²) in [7, 11) is -3.66. The fourth-order valence-corrected chi connectivity index (χ4v) is 4.25. The summed E-state index contributed by atoms with van der Waals surface area (Å²) in [6.07, 6.45) is 0.480. The van der Waals surface area contributed by atoms with E-state index >= 15 is 0 Å². The van der Waals surface area contributed by atoms with Gasteiger partial charge in [-0.25, -0.2) is 13.1 Å². The first-order valence-corrected chi connectivity index (χ1v) is 8.69. The molecule has 22 heavy (non-hydrogen) atoms. The number of aliphatic hydroxyl groups is 1. The molecular weight excluding hydrogens is 298 g/mol. The van der Waals surface area contributed by atoms with E-state index in [1.165, 1.54) is 0 Å². The maximum atomic E-state index is 12.5. The van der Waals surface area contributed by atoms with Gasteiger partial charge in [0.2, 0.25) is 10.0 Å². The summed E-state index contributed by atoms with van der Waals surface area (Å²) in [4.78, 5) is 0.213. The number of hydrogen-bond acceptors (Lipinski definition) is 3. The fraction of sp³-hybridized carbons (Fsp3) is 0.294. The Bertz CT molecular complexity index is 795. The molecule has 2 N–H and O–H groups in total. The molecule has 2 atom stereocenters. The van der Waals surface area contributed by atoms with Crippen LogP contribution < -0.4 is 4.72 Å². The zero-order valence-corrected chi connectivity index (χ0v) is 13.4. The first-order valence-electron chi connectivity index (χ1n) is 7.20. The third-order valence-corrected chi connectivity index (χ3v) is 5.78. The van der Waals surface area contributed by atoms with Crippen LogP contribution in [0.5, 0.6) is 0 Å². The molecule has 0 bridgehead atoms. The molecule has 5 heteroatoms. The standard InChI is InChI=1S/C17H19NO3S/c1-12-7-9-14(10-8-12)22(20,21)18-16-11-13-5-3-4-6-15(13)17(16,2)19/h3-10,16,18-19H,11H2,1-2H3/t16-,17-/m0/s1. The number of sulfonamides is 1. The Kier molecular flexibility index (Phi) is 3.59. The van der Waals surface area contributed by atoms with Crippen molar-refractivity contribution in [1.82, 2.24) is 4.72 Å². The minimum atomic E-state index is -3.66. The van der Waals surface area contributed by atoms with Gasteiger partial charge < -0.3 is 5.11 Å². The van der Waals surface area contributed by atoms with Crippen molar-refractivity contribution in [1.29, 1.82) is 0 Å². The summed E-state index contributed by atoms with van der Waals surface area (Å²) in [6.45, 7) is 3.56. The lowest BCUT2D eigenvalue weighted by atomic mass is 9.96. The fourth-order valence-electron chi connectivity index (χ4n) is 2.93. The normalized spacial score (nSPS) is 24.2. The van der Waals surface area contributed by atoms with Crippen molar-refractivity contribution in [2.45, 2.75) is 36.8 Å². The van der Waals surface area contributed by atoms with Crippen molar-refractivity contribution >= 4 is 10.0 Å². The van der Waals surface area contributed by atoms with Crippen LogP contribution in [-0.4, -0.2) is 19.6 Å². The summed E-state index contributed by atoms with van der Waals surface area (Å²) in [5.41, 5.74) is 1.55. The van der Waals surface area contributed by atoms with Crippen LogP contribution in [-0.2, 0) is 22.0 Å². The Morgan fingerprint density at radius 2 is 1.77 bits per heavy atom. The molecule has 0 heterocycles. The topological polar surface area (TPSA) is 66.4 Å². The van der Waals surface area contributed by atoms with Crippen LogP contribution in [0.25, 0.3) is 0 Å². The number of aryl methyl sites for hydroxylation is 1. The summed E-state index contributed by atoms with van der Waals surface area (Å²) >= 11 is 0. The second kappa shape index (κ2) is 5.19. The zero-order valence-electron chi connectivity index (χ0n) is 12.6. The number of fused-ring (bicyclic) bond motifs is 1. The van der Waals surface area contributed by atoms with Gasteiger partial charge in [0.25, 0.3) is 0 Å². The molecule has 0 saturated carbocycles. The monoisotopic (exact) mass is 317 g/mol. The van der Waals surface area contributed by atoms with Gasteiger partial charge in [0.1, 0.15) is 5.60 Å². The van der Waals surface area contributed by atoms with E-state index in [2.05, 4.69) is 4.72 Å². The number of hydrogen-bond donors (Lipinski definition) is 2. The van der Waals surface area contributed by atoms with Gasteiger partial charge in [-0.2, -0.15) is 0 Å². The van der Waals surface area contributed by atoms with Crippen molar-refractivity contribution in [3.8, 4) is 0 Å². The molecule has 0 aliphatic heterocycles. The Hall–Kier alpha value is -1.69. The third-order valence-electron chi connectivity index (χ3n) is 4.29. The number of nitrogens with one attached hydrogen (secondary N) is 1. The highest BCUT2D eigenvalue weighted by atomic mass is 32.2. The van der Waals surface area contributed by atoms with Gasteiger partial charge in [0, 0.05) is 0 Å². The summed E-state index contributed by atoms with van der Waals surface area (Å²) in [5, 5.41) is 10.7. The summed E-state index contributed by atoms with van der Waals surface area (Å²) in [6, 6.07) is 13.6. The van der Waals surface area contributed by atoms with E-state index in [0.717, 1.165) is 16.7 Å². The van der Waals surface area contributed by atoms with Gasteiger partial charge in [-0.15, -0.1) is 0 Å². The molecule has 0 fully saturated rings. The lowest BCUT2D eigenvalue weighted by molar-refractivity contribution is 0.0355. The van der Waals surface area contributed by atoms with E-state index in [0.29, 0.717) is 6.42 Å². The Morgan fingerprint density at radius 3 is 2.41 bits per heavy atom. The van der Waals surface area contributed by atoms with Gasteiger partial charge >= 0.3 is 0 Å². The minimum Gasteiger partial charge on any atom is -0.384 e. The number of rotatable bonds is 3. The Labute approximate surface area is 130 Å². The van der Waals surface area contributed by atoms with E-state index in [1.807, 2.05) is 31.2 Å². The van der Waals surface area contributed by atoms with E-state index < -0.39 is 21.7 Å². The molecular formula is C17H19NO3S. The average Bonchev–Trinajstić information content (AvgIpc) is 2.71. The van der Waals surface area contributed by atoms with Crippen LogP contribution in [0.2, 0.25) is 0 Å². The van der Waals surface area contributed by atoms with Gasteiger partial charge in [-0.1, -0.05) is 42.0 Å². The van der Waals surface area contributed by atoms with Crippen LogP contribution in [0.15, 0.2) is 53.4 Å². The molecule has 4 nitrogen and oxygen atoms in total. The van der Waals surface area contributed by atoms with Crippen molar-refractivity contribution in [3.63, 3.8) is 0 Å². The second-order valence-electron chi connectivity index (χ2n) is 6.00. The molecule has 1 aliphatic rings. The molecule has 0 unspecified atom stereocenters. The predicted octanol–water partition coefficient (Wildman–Crippen LogP) is 2.11. The van der Waals surface area contributed by atoms with Gasteiger partial charge in [-0.05, 0) is 43.5 Å². The van der Waals surface area contributed by atoms with Gasteiger partial charge in [0.05, 0.1) is 10.9 Å². The molecule has 0 spiro atoms. The van der Waals surface area contributed by atoms with E-state index in [1.54, 1.807) is 31.2 Å². The van der Waals surface area contributed by atoms with Crippen LogP contribution in [0.4, 0.5) is 0 Å². The summed E-state index contributed by atoms with van der Waals surface area (Å²) in [5.74, 6) is 0.